The fourth-order valence-corrected chi connectivity index (χ4v) is 1.24. The van der Waals surface area contributed by atoms with E-state index < -0.39 is 0 Å². The number of nitrogens with zero attached hydrogens (tertiary/aromatic N) is 1. The molecule has 0 bridgehead atoms. The second kappa shape index (κ2) is 3.09. The van der Waals surface area contributed by atoms with E-state index >= 15 is 0 Å². The van der Waals surface area contributed by atoms with Crippen LogP contribution in [0.1, 0.15) is 13.8 Å². The Morgan fingerprint density at radius 3 is 2.73 bits per heavy atom. The third kappa shape index (κ3) is 1.83. The van der Waals surface area contributed by atoms with Crippen molar-refractivity contribution < 1.29 is 4.74 Å². The molecule has 1 fully saturated rings. The van der Waals surface area contributed by atoms with Crippen molar-refractivity contribution in [3.05, 3.63) is 0 Å². The van der Waals surface area contributed by atoms with Gasteiger partial charge in [0.15, 0.2) is 5.96 Å². The van der Waals surface area contributed by atoms with Crippen LogP contribution in [0.3, 0.4) is 0 Å². The molecule has 1 aliphatic heterocycles. The minimum absolute atomic E-state index is 0.146. The quantitative estimate of drug-likeness (QED) is 0.384. The Hall–Kier alpha value is -0.770. The normalized spacial score (nSPS) is 32.0. The van der Waals surface area contributed by atoms with Gasteiger partial charge in [-0.2, -0.15) is 0 Å². The third-order valence-electron chi connectivity index (χ3n) is 1.92. The first kappa shape index (κ1) is 8.33. The summed E-state index contributed by atoms with van der Waals surface area (Å²) in [6, 6.07) is 0.240. The molecule has 64 valence electrons. The average Bonchev–Trinajstić information content (AvgIpc) is 1.94. The van der Waals surface area contributed by atoms with Gasteiger partial charge in [-0.05, 0) is 13.8 Å². The molecule has 3 N–H and O–H groups in total. The van der Waals surface area contributed by atoms with E-state index in [1.165, 1.54) is 0 Å². The van der Waals surface area contributed by atoms with Crippen LogP contribution < -0.4 is 5.73 Å². The summed E-state index contributed by atoms with van der Waals surface area (Å²) in [6.45, 7) is 5.40. The maximum atomic E-state index is 7.26. The van der Waals surface area contributed by atoms with E-state index in [4.69, 9.17) is 15.9 Å². The molecule has 0 aromatic heterocycles. The predicted octanol–water partition coefficient (Wildman–Crippen LogP) is -0.0109. The van der Waals surface area contributed by atoms with Crippen LogP contribution in [-0.2, 0) is 4.74 Å². The molecular formula is C7H15N3O. The number of nitrogens with two attached hydrogens (primary N) is 1. The highest BCUT2D eigenvalue weighted by Crippen LogP contribution is 2.09. The van der Waals surface area contributed by atoms with Gasteiger partial charge in [0.1, 0.15) is 0 Å². The number of hydrogen-bond donors (Lipinski definition) is 2. The van der Waals surface area contributed by atoms with E-state index in [0.717, 1.165) is 6.54 Å². The van der Waals surface area contributed by atoms with Gasteiger partial charge in [0.05, 0.1) is 18.8 Å². The van der Waals surface area contributed by atoms with Crippen LogP contribution in [-0.4, -0.2) is 36.2 Å². The fraction of sp³-hybridized carbons (Fsp3) is 0.857. The van der Waals surface area contributed by atoms with Crippen molar-refractivity contribution in [3.63, 3.8) is 0 Å². The van der Waals surface area contributed by atoms with Crippen LogP contribution in [0.5, 0.6) is 0 Å². The summed E-state index contributed by atoms with van der Waals surface area (Å²) in [4.78, 5) is 1.86. The minimum Gasteiger partial charge on any atom is -0.375 e. The highest BCUT2D eigenvalue weighted by molar-refractivity contribution is 5.75. The smallest absolute Gasteiger partial charge is 0.188 e. The molecule has 0 radical (unpaired) electrons. The van der Waals surface area contributed by atoms with Crippen molar-refractivity contribution in [2.45, 2.75) is 26.0 Å². The SMILES string of the molecule is CC1CN(C(=N)N)C(C)CO1. The largest absolute Gasteiger partial charge is 0.375 e. The second-order valence-corrected chi connectivity index (χ2v) is 3.03. The van der Waals surface area contributed by atoms with Gasteiger partial charge in [-0.1, -0.05) is 0 Å². The van der Waals surface area contributed by atoms with Crippen molar-refractivity contribution in [2.24, 2.45) is 5.73 Å². The summed E-state index contributed by atoms with van der Waals surface area (Å²) in [5.74, 6) is 0.146. The van der Waals surface area contributed by atoms with Crippen molar-refractivity contribution in [1.82, 2.24) is 4.90 Å². The first-order valence-electron chi connectivity index (χ1n) is 3.83. The summed E-state index contributed by atoms with van der Waals surface area (Å²) >= 11 is 0. The van der Waals surface area contributed by atoms with Crippen LogP contribution >= 0.6 is 0 Å². The summed E-state index contributed by atoms with van der Waals surface area (Å²) in [5, 5.41) is 7.26. The number of rotatable bonds is 0. The van der Waals surface area contributed by atoms with Gasteiger partial charge in [0, 0.05) is 6.54 Å². The first-order valence-corrected chi connectivity index (χ1v) is 3.83. The van der Waals surface area contributed by atoms with Gasteiger partial charge >= 0.3 is 0 Å². The van der Waals surface area contributed by atoms with Crippen LogP contribution in [0.15, 0.2) is 0 Å². The molecule has 0 aromatic carbocycles. The van der Waals surface area contributed by atoms with Crippen molar-refractivity contribution in [1.29, 1.82) is 5.41 Å². The molecule has 0 amide bonds. The fourth-order valence-electron chi connectivity index (χ4n) is 1.24. The van der Waals surface area contributed by atoms with E-state index in [0.29, 0.717) is 6.61 Å². The van der Waals surface area contributed by atoms with Gasteiger partial charge in [-0.15, -0.1) is 0 Å². The predicted molar refractivity (Wildman–Crippen MR) is 43.5 cm³/mol. The molecule has 0 aliphatic carbocycles. The zero-order chi connectivity index (χ0) is 8.43. The molecule has 1 rings (SSSR count). The Morgan fingerprint density at radius 2 is 2.27 bits per heavy atom. The molecule has 1 saturated heterocycles. The lowest BCUT2D eigenvalue weighted by Gasteiger charge is -2.36. The number of hydrogen-bond acceptors (Lipinski definition) is 2. The Labute approximate surface area is 66.8 Å². The molecule has 11 heavy (non-hydrogen) atoms. The second-order valence-electron chi connectivity index (χ2n) is 3.03. The monoisotopic (exact) mass is 157 g/mol. The summed E-state index contributed by atoms with van der Waals surface area (Å²) in [7, 11) is 0. The molecule has 1 aliphatic rings. The highest BCUT2D eigenvalue weighted by atomic mass is 16.5. The highest BCUT2D eigenvalue weighted by Gasteiger charge is 2.23. The van der Waals surface area contributed by atoms with Crippen LogP contribution in [0.2, 0.25) is 0 Å². The molecular weight excluding hydrogens is 142 g/mol. The Kier molecular flexibility index (Phi) is 2.34. The van der Waals surface area contributed by atoms with E-state index in [9.17, 15) is 0 Å². The van der Waals surface area contributed by atoms with Crippen molar-refractivity contribution in [3.8, 4) is 0 Å². The van der Waals surface area contributed by atoms with Crippen molar-refractivity contribution in [2.75, 3.05) is 13.2 Å². The number of morpholine rings is 1. The average molecular weight is 157 g/mol. The van der Waals surface area contributed by atoms with Gasteiger partial charge in [-0.3, -0.25) is 5.41 Å². The number of ether oxygens (including phenoxy) is 1. The minimum atomic E-state index is 0.146. The standard InChI is InChI=1S/C7H15N3O/c1-5-4-11-6(2)3-10(5)7(8)9/h5-6H,3-4H2,1-2H3,(H3,8,9). The Bertz CT molecular complexity index is 160. The van der Waals surface area contributed by atoms with Gasteiger partial charge < -0.3 is 15.4 Å². The number of guanidine groups is 1. The van der Waals surface area contributed by atoms with E-state index in [1.54, 1.807) is 0 Å². The molecule has 1 heterocycles. The maximum absolute atomic E-state index is 7.26. The van der Waals surface area contributed by atoms with Gasteiger partial charge in [0.2, 0.25) is 0 Å². The van der Waals surface area contributed by atoms with E-state index in [2.05, 4.69) is 0 Å². The van der Waals surface area contributed by atoms with Crippen LogP contribution in [0, 0.1) is 5.41 Å². The zero-order valence-electron chi connectivity index (χ0n) is 7.00. The molecule has 2 unspecified atom stereocenters. The lowest BCUT2D eigenvalue weighted by atomic mass is 10.2. The van der Waals surface area contributed by atoms with Crippen LogP contribution in [0.4, 0.5) is 0 Å². The first-order chi connectivity index (χ1) is 5.11. The maximum Gasteiger partial charge on any atom is 0.188 e. The third-order valence-corrected chi connectivity index (χ3v) is 1.92. The van der Waals surface area contributed by atoms with Gasteiger partial charge in [0.25, 0.3) is 0 Å². The lowest BCUT2D eigenvalue weighted by molar-refractivity contribution is -0.0230. The number of nitrogens with one attached hydrogen (secondary N) is 1. The zero-order valence-corrected chi connectivity index (χ0v) is 7.00. The summed E-state index contributed by atoms with van der Waals surface area (Å²) < 4.78 is 5.38. The molecule has 0 spiro atoms. The Morgan fingerprint density at radius 1 is 1.64 bits per heavy atom. The van der Waals surface area contributed by atoms with E-state index in [-0.39, 0.29) is 18.1 Å². The lowest BCUT2D eigenvalue weighted by Crippen LogP contribution is -2.52. The molecule has 4 heteroatoms. The van der Waals surface area contributed by atoms with Crippen molar-refractivity contribution >= 4 is 5.96 Å². The summed E-state index contributed by atoms with van der Waals surface area (Å²) in [5.41, 5.74) is 5.37. The Balaban J connectivity index is 2.54. The molecule has 0 aromatic rings. The summed E-state index contributed by atoms with van der Waals surface area (Å²) in [6.07, 6.45) is 0.190. The van der Waals surface area contributed by atoms with E-state index in [1.807, 2.05) is 18.7 Å². The topological polar surface area (TPSA) is 62.3 Å². The van der Waals surface area contributed by atoms with Crippen LogP contribution in [0.25, 0.3) is 0 Å². The molecule has 2 atom stereocenters. The molecule has 4 nitrogen and oxygen atoms in total. The molecule has 0 saturated carbocycles. The van der Waals surface area contributed by atoms with Gasteiger partial charge in [-0.25, -0.2) is 0 Å².